The molecule has 0 radical (unpaired) electrons. The summed E-state index contributed by atoms with van der Waals surface area (Å²) in [5, 5.41) is 8.72. The summed E-state index contributed by atoms with van der Waals surface area (Å²) in [5.74, 6) is -0.801. The highest BCUT2D eigenvalue weighted by molar-refractivity contribution is 5.43. The SMILES string of the molecule is N#Cc1cc(F)cc(COc2ccc(N)c(F)c2)c1. The average molecular weight is 260 g/mol. The number of benzene rings is 2. The van der Waals surface area contributed by atoms with Gasteiger partial charge in [-0.25, -0.2) is 8.78 Å². The maximum Gasteiger partial charge on any atom is 0.149 e. The minimum absolute atomic E-state index is 0.0323. The summed E-state index contributed by atoms with van der Waals surface area (Å²) in [5.41, 5.74) is 6.07. The number of nitrogen functional groups attached to an aromatic ring is 1. The summed E-state index contributed by atoms with van der Waals surface area (Å²) in [6.07, 6.45) is 0. The lowest BCUT2D eigenvalue weighted by Gasteiger charge is -2.07. The normalized spacial score (nSPS) is 9.95. The molecule has 0 aliphatic rings. The van der Waals surface area contributed by atoms with Crippen LogP contribution in [0.5, 0.6) is 5.75 Å². The van der Waals surface area contributed by atoms with Crippen molar-refractivity contribution in [2.24, 2.45) is 0 Å². The smallest absolute Gasteiger partial charge is 0.149 e. The number of ether oxygens (including phenoxy) is 1. The van der Waals surface area contributed by atoms with Crippen LogP contribution in [0.3, 0.4) is 0 Å². The molecule has 19 heavy (non-hydrogen) atoms. The number of rotatable bonds is 3. The minimum atomic E-state index is -0.575. The molecule has 0 heterocycles. The van der Waals surface area contributed by atoms with Crippen LogP contribution in [0.2, 0.25) is 0 Å². The van der Waals surface area contributed by atoms with E-state index in [1.165, 1.54) is 24.3 Å². The molecule has 0 bridgehead atoms. The van der Waals surface area contributed by atoms with E-state index in [1.54, 1.807) is 0 Å². The third-order valence-electron chi connectivity index (χ3n) is 2.46. The third kappa shape index (κ3) is 3.19. The van der Waals surface area contributed by atoms with Crippen LogP contribution in [-0.4, -0.2) is 0 Å². The molecule has 0 spiro atoms. The van der Waals surface area contributed by atoms with Gasteiger partial charge in [-0.05, 0) is 35.9 Å². The lowest BCUT2D eigenvalue weighted by atomic mass is 10.1. The largest absolute Gasteiger partial charge is 0.489 e. The molecule has 3 nitrogen and oxygen atoms in total. The highest BCUT2D eigenvalue weighted by Crippen LogP contribution is 2.19. The number of nitriles is 1. The monoisotopic (exact) mass is 260 g/mol. The van der Waals surface area contributed by atoms with Crippen LogP contribution in [0.4, 0.5) is 14.5 Å². The van der Waals surface area contributed by atoms with Crippen LogP contribution in [0.1, 0.15) is 11.1 Å². The Bertz CT molecular complexity index is 650. The molecule has 0 saturated carbocycles. The second kappa shape index (κ2) is 5.36. The predicted molar refractivity (Wildman–Crippen MR) is 66.3 cm³/mol. The van der Waals surface area contributed by atoms with Gasteiger partial charge in [0.25, 0.3) is 0 Å². The van der Waals surface area contributed by atoms with Crippen LogP contribution in [-0.2, 0) is 6.61 Å². The molecule has 0 aromatic heterocycles. The van der Waals surface area contributed by atoms with E-state index in [0.29, 0.717) is 5.56 Å². The molecule has 2 rings (SSSR count). The van der Waals surface area contributed by atoms with Crippen molar-refractivity contribution in [3.8, 4) is 11.8 Å². The summed E-state index contributed by atoms with van der Waals surface area (Å²) < 4.78 is 31.7. The summed E-state index contributed by atoms with van der Waals surface area (Å²) in [4.78, 5) is 0. The Morgan fingerprint density at radius 1 is 1.16 bits per heavy atom. The van der Waals surface area contributed by atoms with Gasteiger partial charge in [-0.15, -0.1) is 0 Å². The second-order valence-electron chi connectivity index (χ2n) is 3.93. The summed E-state index contributed by atoms with van der Waals surface area (Å²) in [7, 11) is 0. The second-order valence-corrected chi connectivity index (χ2v) is 3.93. The molecular formula is C14H10F2N2O. The van der Waals surface area contributed by atoms with E-state index in [1.807, 2.05) is 6.07 Å². The molecule has 5 heteroatoms. The topological polar surface area (TPSA) is 59.0 Å². The number of anilines is 1. The zero-order chi connectivity index (χ0) is 13.8. The molecule has 0 aliphatic carbocycles. The van der Waals surface area contributed by atoms with Crippen molar-refractivity contribution >= 4 is 5.69 Å². The van der Waals surface area contributed by atoms with Gasteiger partial charge in [-0.3, -0.25) is 0 Å². The Labute approximate surface area is 108 Å². The lowest BCUT2D eigenvalue weighted by Crippen LogP contribution is -1.98. The molecule has 2 aromatic carbocycles. The first kappa shape index (κ1) is 12.8. The van der Waals surface area contributed by atoms with Crippen molar-refractivity contribution in [3.05, 3.63) is 59.2 Å². The van der Waals surface area contributed by atoms with Crippen molar-refractivity contribution in [1.29, 1.82) is 5.26 Å². The zero-order valence-corrected chi connectivity index (χ0v) is 9.86. The molecule has 0 atom stereocenters. The Kier molecular flexibility index (Phi) is 3.62. The zero-order valence-electron chi connectivity index (χ0n) is 9.86. The Balaban J connectivity index is 2.12. The predicted octanol–water partition coefficient (Wildman–Crippen LogP) is 3.00. The number of nitrogens with zero attached hydrogens (tertiary/aromatic N) is 1. The Hall–Kier alpha value is -2.61. The van der Waals surface area contributed by atoms with Crippen molar-refractivity contribution in [1.82, 2.24) is 0 Å². The molecule has 0 saturated heterocycles. The Morgan fingerprint density at radius 3 is 2.63 bits per heavy atom. The van der Waals surface area contributed by atoms with Crippen LogP contribution in [0.25, 0.3) is 0 Å². The van der Waals surface area contributed by atoms with Gasteiger partial charge in [0.1, 0.15) is 24.0 Å². The molecule has 0 unspecified atom stereocenters. The first-order valence-electron chi connectivity index (χ1n) is 5.46. The summed E-state index contributed by atoms with van der Waals surface area (Å²) in [6.45, 7) is 0.0375. The molecule has 2 N–H and O–H groups in total. The van der Waals surface area contributed by atoms with Gasteiger partial charge in [-0.1, -0.05) is 0 Å². The fourth-order valence-corrected chi connectivity index (χ4v) is 1.56. The van der Waals surface area contributed by atoms with Crippen LogP contribution in [0.15, 0.2) is 36.4 Å². The van der Waals surface area contributed by atoms with E-state index in [9.17, 15) is 8.78 Å². The van der Waals surface area contributed by atoms with Gasteiger partial charge in [-0.2, -0.15) is 5.26 Å². The molecule has 96 valence electrons. The van der Waals surface area contributed by atoms with Crippen molar-refractivity contribution in [3.63, 3.8) is 0 Å². The maximum absolute atomic E-state index is 13.2. The number of halogens is 2. The van der Waals surface area contributed by atoms with E-state index in [0.717, 1.165) is 12.1 Å². The third-order valence-corrected chi connectivity index (χ3v) is 2.46. The molecule has 0 aliphatic heterocycles. The van der Waals surface area contributed by atoms with Crippen molar-refractivity contribution < 1.29 is 13.5 Å². The number of nitrogens with two attached hydrogens (primary N) is 1. The standard InChI is InChI=1S/C14H10F2N2O/c15-11-4-9(7-17)3-10(5-11)8-19-12-1-2-14(18)13(16)6-12/h1-6H,8,18H2. The summed E-state index contributed by atoms with van der Waals surface area (Å²) >= 11 is 0. The van der Waals surface area contributed by atoms with E-state index in [2.05, 4.69) is 0 Å². The molecular weight excluding hydrogens is 250 g/mol. The molecule has 0 amide bonds. The fourth-order valence-electron chi connectivity index (χ4n) is 1.56. The minimum Gasteiger partial charge on any atom is -0.489 e. The molecule has 0 fully saturated rings. The average Bonchev–Trinajstić information content (AvgIpc) is 2.39. The van der Waals surface area contributed by atoms with E-state index in [-0.39, 0.29) is 23.6 Å². The fraction of sp³-hybridized carbons (Fsp3) is 0.0714. The summed E-state index contributed by atoms with van der Waals surface area (Å²) in [6, 6.07) is 9.81. The van der Waals surface area contributed by atoms with Gasteiger partial charge < -0.3 is 10.5 Å². The van der Waals surface area contributed by atoms with Gasteiger partial charge in [0.15, 0.2) is 0 Å². The van der Waals surface area contributed by atoms with Crippen LogP contribution < -0.4 is 10.5 Å². The van der Waals surface area contributed by atoms with E-state index in [4.69, 9.17) is 15.7 Å². The van der Waals surface area contributed by atoms with Gasteiger partial charge in [0, 0.05) is 6.07 Å². The highest BCUT2D eigenvalue weighted by atomic mass is 19.1. The van der Waals surface area contributed by atoms with Crippen LogP contribution >= 0.6 is 0 Å². The maximum atomic E-state index is 13.2. The highest BCUT2D eigenvalue weighted by Gasteiger charge is 2.04. The first-order chi connectivity index (χ1) is 9.08. The van der Waals surface area contributed by atoms with E-state index < -0.39 is 11.6 Å². The quantitative estimate of drug-likeness (QED) is 0.863. The van der Waals surface area contributed by atoms with Crippen LogP contribution in [0, 0.1) is 23.0 Å². The van der Waals surface area contributed by atoms with Gasteiger partial charge >= 0.3 is 0 Å². The van der Waals surface area contributed by atoms with Crippen molar-refractivity contribution in [2.45, 2.75) is 6.61 Å². The van der Waals surface area contributed by atoms with Gasteiger partial charge in [0.05, 0.1) is 17.3 Å². The number of hydrogen-bond donors (Lipinski definition) is 1. The van der Waals surface area contributed by atoms with Crippen molar-refractivity contribution in [2.75, 3.05) is 5.73 Å². The van der Waals surface area contributed by atoms with E-state index >= 15 is 0 Å². The Morgan fingerprint density at radius 2 is 1.95 bits per heavy atom. The first-order valence-corrected chi connectivity index (χ1v) is 5.46. The molecule has 2 aromatic rings. The lowest BCUT2D eigenvalue weighted by molar-refractivity contribution is 0.304. The van der Waals surface area contributed by atoms with Gasteiger partial charge in [0.2, 0.25) is 0 Å². The number of hydrogen-bond acceptors (Lipinski definition) is 3.